The third-order valence-corrected chi connectivity index (χ3v) is 5.09. The quantitative estimate of drug-likeness (QED) is 0.184. The first-order chi connectivity index (χ1) is 12.7. The molecule has 1 aromatic rings. The zero-order valence-electron chi connectivity index (χ0n) is 16.8. The number of rotatable bonds is 13. The van der Waals surface area contributed by atoms with Crippen molar-refractivity contribution < 1.29 is 8.95 Å². The van der Waals surface area contributed by atoms with Crippen molar-refractivity contribution in [3.05, 3.63) is 35.9 Å². The number of aliphatic imine (C=N–C) groups is 1. The Morgan fingerprint density at radius 1 is 1.22 bits per heavy atom. The van der Waals surface area contributed by atoms with E-state index in [0.717, 1.165) is 50.7 Å². The average molecular weight is 510 g/mol. The van der Waals surface area contributed by atoms with Crippen LogP contribution in [0, 0.1) is 0 Å². The lowest BCUT2D eigenvalue weighted by Gasteiger charge is -2.16. The Balaban J connectivity index is 0.00000676. The first kappa shape index (κ1) is 26.3. The minimum Gasteiger partial charge on any atom is -0.385 e. The van der Waals surface area contributed by atoms with E-state index in [0.29, 0.717) is 18.1 Å². The van der Waals surface area contributed by atoms with E-state index in [9.17, 15) is 4.21 Å². The highest BCUT2D eigenvalue weighted by atomic mass is 127. The van der Waals surface area contributed by atoms with E-state index >= 15 is 0 Å². The minimum absolute atomic E-state index is 0. The number of nitrogens with zero attached hydrogens (tertiary/aromatic N) is 2. The Kier molecular flexibility index (Phi) is 16.9. The maximum Gasteiger partial charge on any atom is 0.191 e. The Hall–Kier alpha value is -0.710. The molecule has 0 spiro atoms. The topological polar surface area (TPSA) is 66.0 Å². The maximum absolute atomic E-state index is 12.2. The van der Waals surface area contributed by atoms with Crippen LogP contribution in [0.1, 0.15) is 18.9 Å². The molecule has 0 bridgehead atoms. The van der Waals surface area contributed by atoms with Gasteiger partial charge in [0.1, 0.15) is 0 Å². The molecule has 0 aliphatic heterocycles. The second kappa shape index (κ2) is 17.4. The van der Waals surface area contributed by atoms with Crippen LogP contribution < -0.4 is 10.6 Å². The monoisotopic (exact) mass is 510 g/mol. The Bertz CT molecular complexity index is 532. The summed E-state index contributed by atoms with van der Waals surface area (Å²) in [5.74, 6) is 1.99. The number of nitrogens with one attached hydrogen (secondary N) is 2. The SMILES string of the molecule is CCNC(=NCCN(C)CCCOC)NCCS(=O)Cc1ccccc1.I. The van der Waals surface area contributed by atoms with E-state index in [-0.39, 0.29) is 24.0 Å². The van der Waals surface area contributed by atoms with Gasteiger partial charge >= 0.3 is 0 Å². The largest absolute Gasteiger partial charge is 0.385 e. The van der Waals surface area contributed by atoms with Gasteiger partial charge in [0, 0.05) is 62.2 Å². The molecule has 0 saturated carbocycles. The van der Waals surface area contributed by atoms with Gasteiger partial charge in [-0.05, 0) is 26.0 Å². The van der Waals surface area contributed by atoms with Gasteiger partial charge in [0.25, 0.3) is 0 Å². The second-order valence-electron chi connectivity index (χ2n) is 6.11. The highest BCUT2D eigenvalue weighted by Gasteiger charge is 2.03. The fraction of sp³-hybridized carbons (Fsp3) is 0.632. The van der Waals surface area contributed by atoms with Gasteiger partial charge in [-0.1, -0.05) is 30.3 Å². The number of guanidine groups is 1. The first-order valence-electron chi connectivity index (χ1n) is 9.24. The van der Waals surface area contributed by atoms with Crippen LogP contribution in [0.25, 0.3) is 0 Å². The van der Waals surface area contributed by atoms with Crippen LogP contribution in [-0.2, 0) is 21.3 Å². The van der Waals surface area contributed by atoms with Gasteiger partial charge in [0.2, 0.25) is 0 Å². The molecule has 0 fully saturated rings. The van der Waals surface area contributed by atoms with Crippen molar-refractivity contribution in [2.75, 3.05) is 59.2 Å². The minimum atomic E-state index is -0.875. The molecule has 0 saturated heterocycles. The lowest BCUT2D eigenvalue weighted by Crippen LogP contribution is -2.39. The predicted molar refractivity (Wildman–Crippen MR) is 127 cm³/mol. The molecule has 1 atom stereocenters. The summed E-state index contributed by atoms with van der Waals surface area (Å²) in [4.78, 5) is 6.84. The average Bonchev–Trinajstić information content (AvgIpc) is 2.63. The second-order valence-corrected chi connectivity index (χ2v) is 7.69. The number of hydrogen-bond acceptors (Lipinski definition) is 4. The zero-order valence-corrected chi connectivity index (χ0v) is 19.9. The molecule has 1 rings (SSSR count). The van der Waals surface area contributed by atoms with Gasteiger partial charge in [-0.25, -0.2) is 0 Å². The molecule has 2 N–H and O–H groups in total. The molecule has 6 nitrogen and oxygen atoms in total. The van der Waals surface area contributed by atoms with Crippen LogP contribution in [0.15, 0.2) is 35.3 Å². The summed E-state index contributed by atoms with van der Waals surface area (Å²) in [6, 6.07) is 9.96. The summed E-state index contributed by atoms with van der Waals surface area (Å²) in [5.41, 5.74) is 1.11. The molecule has 0 radical (unpaired) electrons. The van der Waals surface area contributed by atoms with Crippen molar-refractivity contribution >= 4 is 40.7 Å². The van der Waals surface area contributed by atoms with E-state index < -0.39 is 10.8 Å². The number of ether oxygens (including phenoxy) is 1. The standard InChI is InChI=1S/C19H34N4O2S.HI/c1-4-20-19(21-11-14-23(2)13-8-15-25-3)22-12-16-26(24)17-18-9-6-5-7-10-18;/h5-7,9-10H,4,8,11-17H2,1-3H3,(H2,20,21,22);1H. The van der Waals surface area contributed by atoms with Gasteiger partial charge in [-0.15, -0.1) is 24.0 Å². The summed E-state index contributed by atoms with van der Waals surface area (Å²) in [6.07, 6.45) is 1.03. The lowest BCUT2D eigenvalue weighted by atomic mass is 10.2. The summed E-state index contributed by atoms with van der Waals surface area (Å²) >= 11 is 0. The Labute approximate surface area is 184 Å². The Morgan fingerprint density at radius 3 is 2.63 bits per heavy atom. The highest BCUT2D eigenvalue weighted by molar-refractivity contribution is 14.0. The van der Waals surface area contributed by atoms with Gasteiger partial charge in [-0.2, -0.15) is 0 Å². The van der Waals surface area contributed by atoms with Crippen LogP contribution in [-0.4, -0.2) is 74.3 Å². The van der Waals surface area contributed by atoms with E-state index in [4.69, 9.17) is 4.74 Å². The van der Waals surface area contributed by atoms with Gasteiger partial charge in [-0.3, -0.25) is 9.20 Å². The Morgan fingerprint density at radius 2 is 1.96 bits per heavy atom. The van der Waals surface area contributed by atoms with E-state index in [1.54, 1.807) is 7.11 Å². The van der Waals surface area contributed by atoms with Crippen LogP contribution in [0.5, 0.6) is 0 Å². The van der Waals surface area contributed by atoms with E-state index in [2.05, 4.69) is 27.6 Å². The van der Waals surface area contributed by atoms with Crippen molar-refractivity contribution in [1.82, 2.24) is 15.5 Å². The molecule has 0 heterocycles. The lowest BCUT2D eigenvalue weighted by molar-refractivity contribution is 0.180. The van der Waals surface area contributed by atoms with Crippen LogP contribution in [0.3, 0.4) is 0 Å². The van der Waals surface area contributed by atoms with Gasteiger partial charge < -0.3 is 20.3 Å². The zero-order chi connectivity index (χ0) is 19.0. The number of methoxy groups -OCH3 is 1. The molecule has 1 aromatic carbocycles. The number of halogens is 1. The van der Waals surface area contributed by atoms with Crippen molar-refractivity contribution in [3.63, 3.8) is 0 Å². The molecule has 27 heavy (non-hydrogen) atoms. The normalized spacial score (nSPS) is 12.5. The molecule has 0 aromatic heterocycles. The molecule has 1 unspecified atom stereocenters. The molecule has 0 amide bonds. The number of likely N-dealkylation sites (N-methyl/N-ethyl adjacent to an activating group) is 1. The van der Waals surface area contributed by atoms with E-state index in [1.165, 1.54) is 0 Å². The van der Waals surface area contributed by atoms with Crippen LogP contribution in [0.4, 0.5) is 0 Å². The summed E-state index contributed by atoms with van der Waals surface area (Å²) < 4.78 is 17.2. The molecular formula is C19H35IN4O2S. The molecule has 0 aliphatic carbocycles. The molecule has 8 heteroatoms. The highest BCUT2D eigenvalue weighted by Crippen LogP contribution is 2.02. The summed E-state index contributed by atoms with van der Waals surface area (Å²) in [6.45, 7) is 6.93. The molecule has 0 aliphatic rings. The third-order valence-electron chi connectivity index (χ3n) is 3.78. The summed E-state index contributed by atoms with van der Waals surface area (Å²) in [5, 5.41) is 6.50. The van der Waals surface area contributed by atoms with Crippen LogP contribution >= 0.6 is 24.0 Å². The predicted octanol–water partition coefficient (Wildman–Crippen LogP) is 2.08. The van der Waals surface area contributed by atoms with E-state index in [1.807, 2.05) is 37.3 Å². The van der Waals surface area contributed by atoms with Crippen molar-refractivity contribution in [2.24, 2.45) is 4.99 Å². The van der Waals surface area contributed by atoms with Gasteiger partial charge in [0.15, 0.2) is 5.96 Å². The maximum atomic E-state index is 12.2. The first-order valence-corrected chi connectivity index (χ1v) is 10.7. The fourth-order valence-electron chi connectivity index (χ4n) is 2.38. The number of hydrogen-bond donors (Lipinski definition) is 2. The van der Waals surface area contributed by atoms with Crippen molar-refractivity contribution in [1.29, 1.82) is 0 Å². The molecule has 156 valence electrons. The van der Waals surface area contributed by atoms with Crippen molar-refractivity contribution in [3.8, 4) is 0 Å². The summed E-state index contributed by atoms with van der Waals surface area (Å²) in [7, 11) is 2.95. The van der Waals surface area contributed by atoms with Gasteiger partial charge in [0.05, 0.1) is 6.54 Å². The number of benzene rings is 1. The fourth-order valence-corrected chi connectivity index (χ4v) is 3.42. The smallest absolute Gasteiger partial charge is 0.191 e. The van der Waals surface area contributed by atoms with Crippen LogP contribution in [0.2, 0.25) is 0 Å². The molecular weight excluding hydrogens is 475 g/mol. The third kappa shape index (κ3) is 14.0. The van der Waals surface area contributed by atoms with Crippen molar-refractivity contribution in [2.45, 2.75) is 19.1 Å².